The summed E-state index contributed by atoms with van der Waals surface area (Å²) in [5, 5.41) is 13.6. The first kappa shape index (κ1) is 11.3. The molecule has 0 unspecified atom stereocenters. The predicted molar refractivity (Wildman–Crippen MR) is 55.5 cm³/mol. The Morgan fingerprint density at radius 1 is 1.27 bits per heavy atom. The summed E-state index contributed by atoms with van der Waals surface area (Å²) >= 11 is 0. The first-order valence-corrected chi connectivity index (χ1v) is 4.65. The normalized spacial score (nSPS) is 9.67. The van der Waals surface area contributed by atoms with Gasteiger partial charge in [0.25, 0.3) is 0 Å². The maximum atomic E-state index is 12.5. The van der Waals surface area contributed by atoms with Crippen molar-refractivity contribution in [1.82, 2.24) is 5.32 Å². The van der Waals surface area contributed by atoms with E-state index in [0.29, 0.717) is 19.5 Å². The van der Waals surface area contributed by atoms with Crippen LogP contribution in [0.2, 0.25) is 0 Å². The molecule has 0 radical (unpaired) electrons. The third-order valence-corrected chi connectivity index (χ3v) is 1.80. The Labute approximate surface area is 87.1 Å². The van der Waals surface area contributed by atoms with E-state index in [2.05, 4.69) is 10.6 Å². The van der Waals surface area contributed by atoms with Crippen molar-refractivity contribution in [3.05, 3.63) is 30.1 Å². The van der Waals surface area contributed by atoms with Gasteiger partial charge in [-0.25, -0.2) is 9.18 Å². The van der Waals surface area contributed by atoms with E-state index in [-0.39, 0.29) is 5.82 Å². The molecule has 0 spiro atoms. The van der Waals surface area contributed by atoms with Crippen LogP contribution in [0.15, 0.2) is 24.3 Å². The zero-order valence-corrected chi connectivity index (χ0v) is 8.16. The maximum Gasteiger partial charge on any atom is 0.404 e. The zero-order valence-electron chi connectivity index (χ0n) is 8.16. The molecular formula is C10H13FN2O2. The lowest BCUT2D eigenvalue weighted by molar-refractivity contribution is 0.194. The predicted octanol–water partition coefficient (Wildman–Crippen LogP) is 1.90. The summed E-state index contributed by atoms with van der Waals surface area (Å²) in [5.74, 6) is -0.270. The van der Waals surface area contributed by atoms with Gasteiger partial charge in [-0.05, 0) is 30.7 Å². The van der Waals surface area contributed by atoms with Crippen LogP contribution in [0.4, 0.5) is 14.9 Å². The summed E-state index contributed by atoms with van der Waals surface area (Å²) in [6.07, 6.45) is -0.333. The fraction of sp³-hybridized carbons (Fsp3) is 0.300. The lowest BCUT2D eigenvalue weighted by atomic mass is 10.3. The average Bonchev–Trinajstić information content (AvgIpc) is 2.20. The number of hydrogen-bond donors (Lipinski definition) is 3. The second-order valence-corrected chi connectivity index (χ2v) is 3.02. The second kappa shape index (κ2) is 5.85. The van der Waals surface area contributed by atoms with Crippen molar-refractivity contribution < 1.29 is 14.3 Å². The largest absolute Gasteiger partial charge is 0.465 e. The number of halogens is 1. The molecular weight excluding hydrogens is 199 g/mol. The Morgan fingerprint density at radius 2 is 1.93 bits per heavy atom. The van der Waals surface area contributed by atoms with E-state index in [1.54, 1.807) is 12.1 Å². The van der Waals surface area contributed by atoms with Crippen molar-refractivity contribution in [2.24, 2.45) is 0 Å². The Hall–Kier alpha value is -1.78. The first-order valence-electron chi connectivity index (χ1n) is 4.65. The summed E-state index contributed by atoms with van der Waals surface area (Å²) < 4.78 is 12.5. The number of hydrogen-bond acceptors (Lipinski definition) is 2. The number of amides is 1. The highest BCUT2D eigenvalue weighted by Gasteiger charge is 1.94. The maximum absolute atomic E-state index is 12.5. The van der Waals surface area contributed by atoms with Gasteiger partial charge in [0, 0.05) is 18.8 Å². The molecule has 0 heterocycles. The Morgan fingerprint density at radius 3 is 2.53 bits per heavy atom. The summed E-state index contributed by atoms with van der Waals surface area (Å²) in [4.78, 5) is 10.1. The SMILES string of the molecule is O=C(O)NCCCNc1ccc(F)cc1. The molecule has 0 bridgehead atoms. The molecule has 0 aromatic heterocycles. The van der Waals surface area contributed by atoms with Crippen molar-refractivity contribution >= 4 is 11.8 Å². The molecule has 0 aliphatic heterocycles. The lowest BCUT2D eigenvalue weighted by Gasteiger charge is -2.05. The van der Waals surface area contributed by atoms with E-state index >= 15 is 0 Å². The number of benzene rings is 1. The molecule has 3 N–H and O–H groups in total. The third kappa shape index (κ3) is 4.85. The fourth-order valence-corrected chi connectivity index (χ4v) is 1.08. The summed E-state index contributed by atoms with van der Waals surface area (Å²) in [5.41, 5.74) is 0.826. The molecule has 5 heteroatoms. The minimum atomic E-state index is -1.02. The minimum Gasteiger partial charge on any atom is -0.465 e. The van der Waals surface area contributed by atoms with E-state index in [9.17, 15) is 9.18 Å². The van der Waals surface area contributed by atoms with Crippen molar-refractivity contribution in [3.8, 4) is 0 Å². The smallest absolute Gasteiger partial charge is 0.404 e. The molecule has 15 heavy (non-hydrogen) atoms. The van der Waals surface area contributed by atoms with E-state index in [0.717, 1.165) is 5.69 Å². The molecule has 1 amide bonds. The molecule has 1 aromatic carbocycles. The summed E-state index contributed by atoms with van der Waals surface area (Å²) in [6.45, 7) is 1.05. The van der Waals surface area contributed by atoms with Crippen molar-refractivity contribution in [2.75, 3.05) is 18.4 Å². The molecule has 0 saturated carbocycles. The van der Waals surface area contributed by atoms with Crippen molar-refractivity contribution in [1.29, 1.82) is 0 Å². The molecule has 0 saturated heterocycles. The van der Waals surface area contributed by atoms with Gasteiger partial charge < -0.3 is 15.7 Å². The molecule has 1 rings (SSSR count). The number of rotatable bonds is 5. The number of carboxylic acid groups (broad SMARTS) is 1. The molecule has 0 atom stereocenters. The van der Waals surface area contributed by atoms with Gasteiger partial charge in [0.1, 0.15) is 5.82 Å². The van der Waals surface area contributed by atoms with Crippen LogP contribution in [0.5, 0.6) is 0 Å². The Bertz CT molecular complexity index is 314. The number of anilines is 1. The van der Waals surface area contributed by atoms with Gasteiger partial charge in [-0.1, -0.05) is 0 Å². The van der Waals surface area contributed by atoms with Crippen LogP contribution in [-0.2, 0) is 0 Å². The Kier molecular flexibility index (Phi) is 4.40. The van der Waals surface area contributed by atoms with E-state index < -0.39 is 6.09 Å². The van der Waals surface area contributed by atoms with Gasteiger partial charge in [0.2, 0.25) is 0 Å². The fourth-order valence-electron chi connectivity index (χ4n) is 1.08. The average molecular weight is 212 g/mol. The third-order valence-electron chi connectivity index (χ3n) is 1.80. The molecule has 4 nitrogen and oxygen atoms in total. The molecule has 0 fully saturated rings. The summed E-state index contributed by atoms with van der Waals surface area (Å²) in [6, 6.07) is 6.02. The van der Waals surface area contributed by atoms with Crippen LogP contribution in [0, 0.1) is 5.82 Å². The highest BCUT2D eigenvalue weighted by Crippen LogP contribution is 2.07. The second-order valence-electron chi connectivity index (χ2n) is 3.02. The molecule has 0 aliphatic carbocycles. The van der Waals surface area contributed by atoms with Gasteiger partial charge in [0.05, 0.1) is 0 Å². The molecule has 1 aromatic rings. The van der Waals surface area contributed by atoms with Crippen LogP contribution in [0.25, 0.3) is 0 Å². The highest BCUT2D eigenvalue weighted by atomic mass is 19.1. The van der Waals surface area contributed by atoms with Crippen LogP contribution < -0.4 is 10.6 Å². The highest BCUT2D eigenvalue weighted by molar-refractivity contribution is 5.64. The van der Waals surface area contributed by atoms with Gasteiger partial charge >= 0.3 is 6.09 Å². The monoisotopic (exact) mass is 212 g/mol. The quantitative estimate of drug-likeness (QED) is 0.653. The lowest BCUT2D eigenvalue weighted by Crippen LogP contribution is -2.23. The van der Waals surface area contributed by atoms with Gasteiger partial charge in [0.15, 0.2) is 0 Å². The van der Waals surface area contributed by atoms with Crippen LogP contribution in [-0.4, -0.2) is 24.3 Å². The van der Waals surface area contributed by atoms with Gasteiger partial charge in [-0.15, -0.1) is 0 Å². The van der Waals surface area contributed by atoms with E-state index in [1.165, 1.54) is 12.1 Å². The Balaban J connectivity index is 2.15. The summed E-state index contributed by atoms with van der Waals surface area (Å²) in [7, 11) is 0. The van der Waals surface area contributed by atoms with E-state index in [1.807, 2.05) is 0 Å². The van der Waals surface area contributed by atoms with Crippen LogP contribution in [0.1, 0.15) is 6.42 Å². The van der Waals surface area contributed by atoms with Crippen molar-refractivity contribution in [2.45, 2.75) is 6.42 Å². The first-order chi connectivity index (χ1) is 7.18. The number of nitrogens with one attached hydrogen (secondary N) is 2. The minimum absolute atomic E-state index is 0.270. The standard InChI is InChI=1S/C10H13FN2O2/c11-8-2-4-9(5-3-8)12-6-1-7-13-10(14)15/h2-5,12-13H,1,6-7H2,(H,14,15). The van der Waals surface area contributed by atoms with Gasteiger partial charge in [-0.2, -0.15) is 0 Å². The van der Waals surface area contributed by atoms with Crippen LogP contribution >= 0.6 is 0 Å². The van der Waals surface area contributed by atoms with E-state index in [4.69, 9.17) is 5.11 Å². The van der Waals surface area contributed by atoms with Gasteiger partial charge in [-0.3, -0.25) is 0 Å². The zero-order chi connectivity index (χ0) is 11.1. The molecule has 82 valence electrons. The molecule has 0 aliphatic rings. The topological polar surface area (TPSA) is 61.4 Å². The number of carbonyl (C=O) groups is 1. The van der Waals surface area contributed by atoms with Crippen molar-refractivity contribution in [3.63, 3.8) is 0 Å². The van der Waals surface area contributed by atoms with Crippen LogP contribution in [0.3, 0.4) is 0 Å².